The van der Waals surface area contributed by atoms with Gasteiger partial charge in [0.05, 0.1) is 32.0 Å². The molecule has 192 valence electrons. The minimum atomic E-state index is -4.38. The molecule has 1 atom stereocenters. The highest BCUT2D eigenvalue weighted by Gasteiger charge is 2.58. The summed E-state index contributed by atoms with van der Waals surface area (Å²) in [5.41, 5.74) is 3.69. The van der Waals surface area contributed by atoms with Crippen molar-refractivity contribution < 1.29 is 27.5 Å². The fourth-order valence-electron chi connectivity index (χ4n) is 6.14. The molecule has 1 N–H and O–H groups in total. The number of thiophene rings is 1. The molecule has 1 aromatic heterocycles. The summed E-state index contributed by atoms with van der Waals surface area (Å²) in [5.74, 6) is 2.36. The number of benzene rings is 2. The maximum Gasteiger partial charge on any atom is 0.417 e. The van der Waals surface area contributed by atoms with Gasteiger partial charge in [-0.2, -0.15) is 18.2 Å². The van der Waals surface area contributed by atoms with Gasteiger partial charge in [0.2, 0.25) is 0 Å². The normalized spacial score (nSPS) is 26.3. The first-order valence-corrected chi connectivity index (χ1v) is 13.0. The zero-order chi connectivity index (χ0) is 25.1. The van der Waals surface area contributed by atoms with E-state index in [1.807, 2.05) is 23.3 Å². The summed E-state index contributed by atoms with van der Waals surface area (Å²) in [7, 11) is 3.25. The molecule has 1 saturated heterocycles. The van der Waals surface area contributed by atoms with Crippen molar-refractivity contribution in [3.8, 4) is 11.5 Å². The molecule has 0 amide bonds. The third-order valence-electron chi connectivity index (χ3n) is 7.98. The van der Waals surface area contributed by atoms with Crippen molar-refractivity contribution in [1.82, 2.24) is 10.6 Å². The average molecular weight is 520 g/mol. The van der Waals surface area contributed by atoms with Crippen molar-refractivity contribution in [3.05, 3.63) is 52.9 Å². The lowest BCUT2D eigenvalue weighted by molar-refractivity contribution is -0.201. The molecule has 2 aromatic carbocycles. The minimum Gasteiger partial charge on any atom is -0.497 e. The molecule has 4 aliphatic rings. The van der Waals surface area contributed by atoms with Gasteiger partial charge in [0, 0.05) is 33.0 Å². The Hall–Kier alpha value is -2.53. The quantitative estimate of drug-likeness (QED) is 0.414. The van der Waals surface area contributed by atoms with Gasteiger partial charge in [0.25, 0.3) is 0 Å². The number of hydrazine groups is 2. The van der Waals surface area contributed by atoms with E-state index in [0.29, 0.717) is 34.6 Å². The van der Waals surface area contributed by atoms with Crippen molar-refractivity contribution >= 4 is 27.1 Å². The number of alkyl halides is 3. The van der Waals surface area contributed by atoms with Crippen LogP contribution in [0.4, 0.5) is 18.9 Å². The highest BCUT2D eigenvalue weighted by molar-refractivity contribution is 7.17. The Bertz CT molecular complexity index is 1270. The fraction of sp³-hybridized carbons (Fsp3) is 0.462. The summed E-state index contributed by atoms with van der Waals surface area (Å²) in [4.78, 5) is 6.42. The van der Waals surface area contributed by atoms with E-state index in [1.54, 1.807) is 32.4 Å². The van der Waals surface area contributed by atoms with Crippen LogP contribution < -0.4 is 20.2 Å². The minimum absolute atomic E-state index is 0.214. The molecule has 2 heterocycles. The van der Waals surface area contributed by atoms with Gasteiger partial charge in [-0.05, 0) is 56.2 Å². The fourth-order valence-corrected chi connectivity index (χ4v) is 7.14. The van der Waals surface area contributed by atoms with E-state index in [9.17, 15) is 13.2 Å². The predicted molar refractivity (Wildman–Crippen MR) is 131 cm³/mol. The Balaban J connectivity index is 1.40. The first-order valence-electron chi connectivity index (χ1n) is 12.1. The molecule has 1 spiro atoms. The van der Waals surface area contributed by atoms with Gasteiger partial charge in [-0.1, -0.05) is 17.7 Å². The third kappa shape index (κ3) is 3.82. The van der Waals surface area contributed by atoms with Crippen LogP contribution in [0.15, 0.2) is 41.8 Å². The molecular weight excluding hydrogens is 491 g/mol. The van der Waals surface area contributed by atoms with E-state index < -0.39 is 17.5 Å². The summed E-state index contributed by atoms with van der Waals surface area (Å²) in [5, 5.41) is 5.46. The third-order valence-corrected chi connectivity index (χ3v) is 8.92. The standard InChI is InChI=1S/C26H28F3N3O3S/c1-33-20-9-5-17(23(12-20)34-2)14-31-25(13-16-3-6-18(25)7-4-16)35-30-32(31)19-8-10-21-22(26(27,28)29)15-36-24(21)11-19/h5,8-12,15-16,18,30H,3-4,6-7,13-14H2,1-2H3/t16?,18?,25-/m1/s1. The summed E-state index contributed by atoms with van der Waals surface area (Å²) >= 11 is 1.10. The van der Waals surface area contributed by atoms with Crippen molar-refractivity contribution in [3.63, 3.8) is 0 Å². The van der Waals surface area contributed by atoms with E-state index in [0.717, 1.165) is 41.9 Å². The molecule has 2 bridgehead atoms. The van der Waals surface area contributed by atoms with Crippen LogP contribution in [0.25, 0.3) is 10.1 Å². The Morgan fingerprint density at radius 2 is 1.89 bits per heavy atom. The van der Waals surface area contributed by atoms with Gasteiger partial charge in [0.1, 0.15) is 11.5 Å². The average Bonchev–Trinajstić information content (AvgIpc) is 3.46. The van der Waals surface area contributed by atoms with Gasteiger partial charge in [-0.25, -0.2) is 5.12 Å². The van der Waals surface area contributed by atoms with Crippen LogP contribution in [0, 0.1) is 11.8 Å². The van der Waals surface area contributed by atoms with E-state index in [4.69, 9.17) is 14.3 Å². The second-order valence-corrected chi connectivity index (χ2v) is 10.7. The van der Waals surface area contributed by atoms with Crippen LogP contribution >= 0.6 is 11.3 Å². The monoisotopic (exact) mass is 519 g/mol. The van der Waals surface area contributed by atoms with Gasteiger partial charge < -0.3 is 9.47 Å². The molecule has 3 aromatic rings. The lowest BCUT2D eigenvalue weighted by atomic mass is 9.65. The molecule has 10 heteroatoms. The largest absolute Gasteiger partial charge is 0.497 e. The van der Waals surface area contributed by atoms with Crippen molar-refractivity contribution in [2.45, 2.75) is 50.6 Å². The number of ether oxygens (including phenoxy) is 2. The summed E-state index contributed by atoms with van der Waals surface area (Å²) in [6.45, 7) is 0.500. The van der Waals surface area contributed by atoms with Crippen LogP contribution in [-0.4, -0.2) is 25.0 Å². The molecular formula is C26H28F3N3O3S. The Labute approximate surface area is 211 Å². The van der Waals surface area contributed by atoms with Crippen molar-refractivity contribution in [2.75, 3.05) is 19.3 Å². The van der Waals surface area contributed by atoms with Crippen LogP contribution in [-0.2, 0) is 17.6 Å². The second kappa shape index (κ2) is 8.79. The maximum atomic E-state index is 13.4. The molecule has 0 unspecified atom stereocenters. The number of rotatable bonds is 5. The SMILES string of the molecule is COc1ccc(CN2N(c3ccc4c(C(F)(F)F)csc4c3)NO[C@@]23CC2CCC3CC2)c(OC)c1. The number of methoxy groups -OCH3 is 2. The molecule has 3 aliphatic carbocycles. The van der Waals surface area contributed by atoms with E-state index >= 15 is 0 Å². The molecule has 1 aliphatic heterocycles. The highest BCUT2D eigenvalue weighted by atomic mass is 32.1. The van der Waals surface area contributed by atoms with Crippen LogP contribution in [0.3, 0.4) is 0 Å². The summed E-state index contributed by atoms with van der Waals surface area (Å²) in [6, 6.07) is 10.8. The van der Waals surface area contributed by atoms with E-state index in [2.05, 4.69) is 10.6 Å². The number of nitrogens with one attached hydrogen (secondary N) is 1. The smallest absolute Gasteiger partial charge is 0.417 e. The topological polar surface area (TPSA) is 46.2 Å². The Kier molecular flexibility index (Phi) is 5.82. The van der Waals surface area contributed by atoms with Gasteiger partial charge in [-0.15, -0.1) is 11.3 Å². The number of nitrogens with zero attached hydrogens (tertiary/aromatic N) is 2. The van der Waals surface area contributed by atoms with Crippen molar-refractivity contribution in [1.29, 1.82) is 0 Å². The van der Waals surface area contributed by atoms with Crippen LogP contribution in [0.5, 0.6) is 11.5 Å². The number of halogens is 3. The zero-order valence-corrected chi connectivity index (χ0v) is 20.9. The number of anilines is 1. The number of hydrogen-bond acceptors (Lipinski definition) is 7. The first-order chi connectivity index (χ1) is 17.3. The molecule has 6 nitrogen and oxygen atoms in total. The van der Waals surface area contributed by atoms with Gasteiger partial charge in [-0.3, -0.25) is 4.84 Å². The first kappa shape index (κ1) is 23.8. The summed E-state index contributed by atoms with van der Waals surface area (Å²) < 4.78 is 52.0. The molecule has 3 saturated carbocycles. The molecule has 36 heavy (non-hydrogen) atoms. The molecule has 7 rings (SSSR count). The molecule has 4 fully saturated rings. The second-order valence-electron chi connectivity index (χ2n) is 9.83. The highest BCUT2D eigenvalue weighted by Crippen LogP contribution is 2.53. The van der Waals surface area contributed by atoms with Gasteiger partial charge in [0.15, 0.2) is 5.72 Å². The predicted octanol–water partition coefficient (Wildman–Crippen LogP) is 6.52. The Morgan fingerprint density at radius 1 is 1.08 bits per heavy atom. The van der Waals surface area contributed by atoms with Crippen LogP contribution in [0.1, 0.15) is 43.2 Å². The number of hydrogen-bond donors (Lipinski definition) is 1. The molecule has 0 radical (unpaired) electrons. The Morgan fingerprint density at radius 3 is 2.56 bits per heavy atom. The van der Waals surface area contributed by atoms with Crippen LogP contribution in [0.2, 0.25) is 0 Å². The lowest BCUT2D eigenvalue weighted by Crippen LogP contribution is -2.59. The number of fused-ring (bicyclic) bond motifs is 3. The van der Waals surface area contributed by atoms with E-state index in [1.165, 1.54) is 18.2 Å². The summed E-state index contributed by atoms with van der Waals surface area (Å²) in [6.07, 6.45) is 1.12. The van der Waals surface area contributed by atoms with E-state index in [-0.39, 0.29) is 5.39 Å². The van der Waals surface area contributed by atoms with Crippen molar-refractivity contribution in [2.24, 2.45) is 11.8 Å². The zero-order valence-electron chi connectivity index (χ0n) is 20.1. The van der Waals surface area contributed by atoms with Gasteiger partial charge >= 0.3 is 6.18 Å². The lowest BCUT2D eigenvalue weighted by Gasteiger charge is -2.51. The maximum absolute atomic E-state index is 13.4.